The van der Waals surface area contributed by atoms with Crippen LogP contribution in [0.4, 0.5) is 0 Å². The number of ether oxygens (including phenoxy) is 1. The summed E-state index contributed by atoms with van der Waals surface area (Å²) in [6.45, 7) is 4.61. The number of benzene rings is 3. The Kier molecular flexibility index (Phi) is 11.1. The Balaban J connectivity index is 1.79. The molecule has 39 heavy (non-hydrogen) atoms. The second-order valence-corrected chi connectivity index (χ2v) is 9.43. The van der Waals surface area contributed by atoms with Crippen molar-refractivity contribution in [2.45, 2.75) is 51.9 Å². The van der Waals surface area contributed by atoms with Gasteiger partial charge in [0.2, 0.25) is 17.7 Å². The molecule has 0 aliphatic rings. The number of nitrogens with zero attached hydrogens (tertiary/aromatic N) is 1. The van der Waals surface area contributed by atoms with Crippen molar-refractivity contribution >= 4 is 17.7 Å². The van der Waals surface area contributed by atoms with Crippen LogP contribution in [0.1, 0.15) is 36.1 Å². The molecule has 8 heteroatoms. The summed E-state index contributed by atoms with van der Waals surface area (Å²) >= 11 is 0. The van der Waals surface area contributed by atoms with Crippen LogP contribution in [0, 0.1) is 0 Å². The monoisotopic (exact) mass is 530 g/mol. The average molecular weight is 531 g/mol. The standard InChI is InChI=1S/C31H38N4O4/c1-4-39-27-16-14-24(15-17-27)18-28(34-22(2)36)31(38)35(3)29(19-23-8-6-5-7-9-23)30(37)33-21-26-12-10-25(20-32)11-13-26/h5-17,28-29H,4,18-21,32H2,1-3H3,(H,33,37)(H,34,36)/t28?,29-/m0/s1. The van der Waals surface area contributed by atoms with Gasteiger partial charge in [-0.15, -0.1) is 0 Å². The highest BCUT2D eigenvalue weighted by atomic mass is 16.5. The average Bonchev–Trinajstić information content (AvgIpc) is 2.95. The summed E-state index contributed by atoms with van der Waals surface area (Å²) in [4.78, 5) is 40.7. The SMILES string of the molecule is CCOc1ccc(CC(NC(C)=O)C(=O)N(C)[C@@H](Cc2ccccc2)C(=O)NCc2ccc(CN)cc2)cc1. The number of carbonyl (C=O) groups excluding carboxylic acids is 3. The van der Waals surface area contributed by atoms with Crippen LogP contribution in [0.25, 0.3) is 0 Å². The molecule has 3 rings (SSSR count). The topological polar surface area (TPSA) is 114 Å². The van der Waals surface area contributed by atoms with Crippen molar-refractivity contribution < 1.29 is 19.1 Å². The molecule has 0 aliphatic carbocycles. The number of likely N-dealkylation sites (N-methyl/N-ethyl adjacent to an activating group) is 1. The van der Waals surface area contributed by atoms with Crippen molar-refractivity contribution in [3.63, 3.8) is 0 Å². The number of hydrogen-bond donors (Lipinski definition) is 3. The van der Waals surface area contributed by atoms with Gasteiger partial charge in [0.25, 0.3) is 0 Å². The van der Waals surface area contributed by atoms with Crippen LogP contribution in [-0.4, -0.2) is 48.4 Å². The van der Waals surface area contributed by atoms with E-state index >= 15 is 0 Å². The second kappa shape index (κ2) is 14.7. The first kappa shape index (κ1) is 29.4. The van der Waals surface area contributed by atoms with Gasteiger partial charge in [-0.3, -0.25) is 14.4 Å². The summed E-state index contributed by atoms with van der Waals surface area (Å²) in [5.74, 6) is -0.210. The van der Waals surface area contributed by atoms with Crippen LogP contribution in [0.5, 0.6) is 5.75 Å². The van der Waals surface area contributed by atoms with Crippen molar-refractivity contribution in [2.24, 2.45) is 5.73 Å². The maximum Gasteiger partial charge on any atom is 0.245 e. The lowest BCUT2D eigenvalue weighted by atomic mass is 10.0. The van der Waals surface area contributed by atoms with Crippen molar-refractivity contribution in [3.8, 4) is 5.75 Å². The first-order chi connectivity index (χ1) is 18.8. The highest BCUT2D eigenvalue weighted by Gasteiger charge is 2.32. The van der Waals surface area contributed by atoms with Crippen LogP contribution in [0.2, 0.25) is 0 Å². The molecule has 3 amide bonds. The van der Waals surface area contributed by atoms with E-state index in [9.17, 15) is 14.4 Å². The van der Waals surface area contributed by atoms with Crippen molar-refractivity contribution in [3.05, 3.63) is 101 Å². The Morgan fingerprint density at radius 1 is 0.846 bits per heavy atom. The van der Waals surface area contributed by atoms with Gasteiger partial charge >= 0.3 is 0 Å². The summed E-state index contributed by atoms with van der Waals surface area (Å²) < 4.78 is 5.50. The predicted octanol–water partition coefficient (Wildman–Crippen LogP) is 2.98. The fourth-order valence-electron chi connectivity index (χ4n) is 4.31. The predicted molar refractivity (Wildman–Crippen MR) is 152 cm³/mol. The largest absolute Gasteiger partial charge is 0.494 e. The molecule has 0 aliphatic heterocycles. The number of amides is 3. The molecular weight excluding hydrogens is 492 g/mol. The van der Waals surface area contributed by atoms with E-state index in [-0.39, 0.29) is 24.1 Å². The number of rotatable bonds is 13. The van der Waals surface area contributed by atoms with E-state index in [2.05, 4.69) is 10.6 Å². The van der Waals surface area contributed by atoms with Crippen LogP contribution >= 0.6 is 0 Å². The van der Waals surface area contributed by atoms with Crippen LogP contribution in [0.15, 0.2) is 78.9 Å². The van der Waals surface area contributed by atoms with E-state index < -0.39 is 12.1 Å². The van der Waals surface area contributed by atoms with E-state index in [1.54, 1.807) is 7.05 Å². The molecule has 0 heterocycles. The van der Waals surface area contributed by atoms with Crippen LogP contribution in [0.3, 0.4) is 0 Å². The Morgan fingerprint density at radius 3 is 2.03 bits per heavy atom. The lowest BCUT2D eigenvalue weighted by Gasteiger charge is -2.31. The van der Waals surface area contributed by atoms with Crippen LogP contribution < -0.4 is 21.1 Å². The third-order valence-corrected chi connectivity index (χ3v) is 6.46. The number of hydrogen-bond acceptors (Lipinski definition) is 5. The molecule has 0 bridgehead atoms. The molecule has 0 spiro atoms. The van der Waals surface area contributed by atoms with E-state index in [0.717, 1.165) is 28.0 Å². The first-order valence-electron chi connectivity index (χ1n) is 13.2. The summed E-state index contributed by atoms with van der Waals surface area (Å²) in [6, 6.07) is 23.1. The quantitative estimate of drug-likeness (QED) is 0.314. The van der Waals surface area contributed by atoms with Gasteiger partial charge in [-0.1, -0.05) is 66.7 Å². The van der Waals surface area contributed by atoms with Gasteiger partial charge < -0.3 is 26.0 Å². The Bertz CT molecular complexity index is 1210. The molecule has 0 fully saturated rings. The zero-order valence-electron chi connectivity index (χ0n) is 22.9. The summed E-state index contributed by atoms with van der Waals surface area (Å²) in [5, 5.41) is 5.75. The Hall–Kier alpha value is -4.17. The molecule has 1 unspecified atom stereocenters. The fourth-order valence-corrected chi connectivity index (χ4v) is 4.31. The van der Waals surface area contributed by atoms with E-state index in [4.69, 9.17) is 10.5 Å². The molecule has 0 saturated carbocycles. The van der Waals surface area contributed by atoms with Gasteiger partial charge in [-0.25, -0.2) is 0 Å². The van der Waals surface area contributed by atoms with Crippen molar-refractivity contribution in [2.75, 3.05) is 13.7 Å². The van der Waals surface area contributed by atoms with Gasteiger partial charge in [0.1, 0.15) is 17.8 Å². The van der Waals surface area contributed by atoms with Gasteiger partial charge in [-0.2, -0.15) is 0 Å². The maximum absolute atomic E-state index is 13.7. The second-order valence-electron chi connectivity index (χ2n) is 9.43. The van der Waals surface area contributed by atoms with E-state index in [1.807, 2.05) is 85.8 Å². The zero-order valence-corrected chi connectivity index (χ0v) is 22.9. The number of nitrogens with two attached hydrogens (primary N) is 1. The Labute approximate surface area is 230 Å². The van der Waals surface area contributed by atoms with E-state index in [1.165, 1.54) is 11.8 Å². The molecule has 4 N–H and O–H groups in total. The maximum atomic E-state index is 13.7. The minimum absolute atomic E-state index is 0.278. The Morgan fingerprint density at radius 2 is 1.44 bits per heavy atom. The molecule has 3 aromatic carbocycles. The van der Waals surface area contributed by atoms with Gasteiger partial charge in [0, 0.05) is 39.9 Å². The lowest BCUT2D eigenvalue weighted by Crippen LogP contribution is -2.55. The molecule has 8 nitrogen and oxygen atoms in total. The fraction of sp³-hybridized carbons (Fsp3) is 0.323. The molecule has 3 aromatic rings. The summed E-state index contributed by atoms with van der Waals surface area (Å²) in [7, 11) is 1.61. The number of carbonyl (C=O) groups is 3. The third kappa shape index (κ3) is 8.97. The van der Waals surface area contributed by atoms with E-state index in [0.29, 0.717) is 26.1 Å². The molecule has 0 aromatic heterocycles. The van der Waals surface area contributed by atoms with Gasteiger partial charge in [-0.05, 0) is 41.3 Å². The zero-order chi connectivity index (χ0) is 28.2. The third-order valence-electron chi connectivity index (χ3n) is 6.46. The minimum Gasteiger partial charge on any atom is -0.494 e. The first-order valence-corrected chi connectivity index (χ1v) is 13.2. The molecular formula is C31H38N4O4. The normalized spacial score (nSPS) is 12.2. The molecule has 0 radical (unpaired) electrons. The highest BCUT2D eigenvalue weighted by Crippen LogP contribution is 2.16. The smallest absolute Gasteiger partial charge is 0.245 e. The molecule has 2 atom stereocenters. The minimum atomic E-state index is -0.833. The molecule has 206 valence electrons. The lowest BCUT2D eigenvalue weighted by molar-refractivity contribution is -0.141. The van der Waals surface area contributed by atoms with Crippen molar-refractivity contribution in [1.29, 1.82) is 0 Å². The molecule has 0 saturated heterocycles. The van der Waals surface area contributed by atoms with Gasteiger partial charge in [0.15, 0.2) is 0 Å². The summed E-state index contributed by atoms with van der Waals surface area (Å²) in [6.07, 6.45) is 0.610. The van der Waals surface area contributed by atoms with Crippen LogP contribution in [-0.2, 0) is 40.3 Å². The van der Waals surface area contributed by atoms with Crippen molar-refractivity contribution in [1.82, 2.24) is 15.5 Å². The summed E-state index contributed by atoms with van der Waals surface area (Å²) in [5.41, 5.74) is 9.41. The van der Waals surface area contributed by atoms with Gasteiger partial charge in [0.05, 0.1) is 6.61 Å². The number of nitrogens with one attached hydrogen (secondary N) is 2. The highest BCUT2D eigenvalue weighted by molar-refractivity contribution is 5.92.